The van der Waals surface area contributed by atoms with Crippen molar-refractivity contribution in [3.05, 3.63) is 24.3 Å². The van der Waals surface area contributed by atoms with Gasteiger partial charge < -0.3 is 14.6 Å². The van der Waals surface area contributed by atoms with Crippen molar-refractivity contribution in [3.8, 4) is 0 Å². The molecule has 2 aromatic heterocycles. The van der Waals surface area contributed by atoms with Crippen molar-refractivity contribution in [2.75, 3.05) is 13.1 Å². The Morgan fingerprint density at radius 1 is 1.42 bits per heavy atom. The number of aromatic nitrogens is 6. The molecule has 1 fully saturated rings. The molecule has 3 heterocycles. The number of likely N-dealkylation sites (tertiary alicyclic amines) is 1. The molecule has 1 aliphatic heterocycles. The minimum absolute atomic E-state index is 0.124. The number of aryl methyl sites for hydroxylation is 1. The van der Waals surface area contributed by atoms with Crippen LogP contribution >= 0.6 is 0 Å². The van der Waals surface area contributed by atoms with Gasteiger partial charge in [0.1, 0.15) is 25.1 Å². The van der Waals surface area contributed by atoms with Crippen molar-refractivity contribution in [2.45, 2.75) is 44.8 Å². The lowest BCUT2D eigenvalue weighted by Crippen LogP contribution is -2.39. The molecule has 1 saturated heterocycles. The lowest BCUT2D eigenvalue weighted by molar-refractivity contribution is -0.132. The van der Waals surface area contributed by atoms with Crippen molar-refractivity contribution in [1.29, 1.82) is 0 Å². The van der Waals surface area contributed by atoms with Crippen LogP contribution in [0.1, 0.15) is 43.3 Å². The summed E-state index contributed by atoms with van der Waals surface area (Å²) < 4.78 is 3.58. The Morgan fingerprint density at radius 3 is 3.00 bits per heavy atom. The number of carbonyl (C=O) groups is 1. The summed E-state index contributed by atoms with van der Waals surface area (Å²) in [5, 5.41) is 21.5. The Kier molecular flexibility index (Phi) is 5.19. The van der Waals surface area contributed by atoms with Crippen LogP contribution in [0, 0.1) is 0 Å². The largest absolute Gasteiger partial charge is 0.388 e. The van der Waals surface area contributed by atoms with Gasteiger partial charge in [0.15, 0.2) is 5.82 Å². The van der Waals surface area contributed by atoms with E-state index in [1.165, 1.54) is 6.33 Å². The third kappa shape index (κ3) is 3.61. The van der Waals surface area contributed by atoms with E-state index in [-0.39, 0.29) is 18.4 Å². The van der Waals surface area contributed by atoms with Gasteiger partial charge >= 0.3 is 0 Å². The number of aliphatic hydroxyl groups is 1. The molecule has 1 aliphatic rings. The Morgan fingerprint density at radius 2 is 2.29 bits per heavy atom. The maximum atomic E-state index is 12.4. The van der Waals surface area contributed by atoms with Gasteiger partial charge in [-0.05, 0) is 19.3 Å². The fourth-order valence-electron chi connectivity index (χ4n) is 3.18. The van der Waals surface area contributed by atoms with E-state index in [1.54, 1.807) is 11.0 Å². The molecule has 9 nitrogen and oxygen atoms in total. The zero-order valence-electron chi connectivity index (χ0n) is 13.9. The van der Waals surface area contributed by atoms with Gasteiger partial charge in [-0.15, -0.1) is 10.2 Å². The Bertz CT molecular complexity index is 667. The van der Waals surface area contributed by atoms with Crippen molar-refractivity contribution >= 4 is 5.91 Å². The van der Waals surface area contributed by atoms with Crippen LogP contribution in [0.4, 0.5) is 0 Å². The molecule has 2 aromatic rings. The second-order valence-electron chi connectivity index (χ2n) is 6.13. The Labute approximate surface area is 140 Å². The van der Waals surface area contributed by atoms with Crippen molar-refractivity contribution in [2.24, 2.45) is 7.05 Å². The summed E-state index contributed by atoms with van der Waals surface area (Å²) in [4.78, 5) is 18.3. The first-order valence-electron chi connectivity index (χ1n) is 8.28. The predicted molar refractivity (Wildman–Crippen MR) is 84.7 cm³/mol. The highest BCUT2D eigenvalue weighted by Gasteiger charge is 2.28. The van der Waals surface area contributed by atoms with Crippen molar-refractivity contribution in [3.63, 3.8) is 0 Å². The number of carbonyl (C=O) groups excluding carboxylic acids is 1. The molecule has 0 spiro atoms. The van der Waals surface area contributed by atoms with Gasteiger partial charge in [0.05, 0.1) is 0 Å². The van der Waals surface area contributed by atoms with Crippen LogP contribution in [0.3, 0.4) is 0 Å². The summed E-state index contributed by atoms with van der Waals surface area (Å²) in [5.41, 5.74) is 0. The van der Waals surface area contributed by atoms with E-state index < -0.39 is 0 Å². The maximum absolute atomic E-state index is 12.4. The number of aliphatic hydroxyl groups excluding tert-OH is 1. The standard InChI is InChI=1S/C15H23N7O2/c1-20-13(9-23)18-19-15(20)12-4-2-6-21(8-12)14(24)5-3-7-22-11-16-10-17-22/h10-12,23H,2-9H2,1H3. The molecule has 0 aliphatic carbocycles. The normalized spacial score (nSPS) is 18.1. The first kappa shape index (κ1) is 16.6. The number of hydrogen-bond donors (Lipinski definition) is 1. The second kappa shape index (κ2) is 7.52. The van der Waals surface area contributed by atoms with E-state index in [2.05, 4.69) is 20.3 Å². The Balaban J connectivity index is 1.54. The van der Waals surface area contributed by atoms with E-state index in [0.29, 0.717) is 25.3 Å². The number of amides is 1. The van der Waals surface area contributed by atoms with Crippen LogP contribution in [0.15, 0.2) is 12.7 Å². The summed E-state index contributed by atoms with van der Waals surface area (Å²) in [6, 6.07) is 0. The second-order valence-corrected chi connectivity index (χ2v) is 6.13. The molecule has 130 valence electrons. The van der Waals surface area contributed by atoms with Crippen LogP contribution < -0.4 is 0 Å². The lowest BCUT2D eigenvalue weighted by atomic mass is 9.96. The molecule has 0 aromatic carbocycles. The first-order valence-corrected chi connectivity index (χ1v) is 8.28. The van der Waals surface area contributed by atoms with Gasteiger partial charge in [0, 0.05) is 39.0 Å². The molecule has 9 heteroatoms. The van der Waals surface area contributed by atoms with E-state index in [0.717, 1.165) is 31.6 Å². The highest BCUT2D eigenvalue weighted by atomic mass is 16.3. The summed E-state index contributed by atoms with van der Waals surface area (Å²) in [7, 11) is 1.86. The minimum Gasteiger partial charge on any atom is -0.388 e. The first-order chi connectivity index (χ1) is 11.7. The Hall–Kier alpha value is -2.29. The van der Waals surface area contributed by atoms with Crippen molar-refractivity contribution < 1.29 is 9.90 Å². The summed E-state index contributed by atoms with van der Waals surface area (Å²) in [6.07, 6.45) is 6.36. The van der Waals surface area contributed by atoms with E-state index in [9.17, 15) is 9.90 Å². The quantitative estimate of drug-likeness (QED) is 0.803. The molecule has 1 amide bonds. The molecule has 1 N–H and O–H groups in total. The van der Waals surface area contributed by atoms with Gasteiger partial charge in [-0.25, -0.2) is 4.98 Å². The van der Waals surface area contributed by atoms with E-state index >= 15 is 0 Å². The topological polar surface area (TPSA) is 102 Å². The fourth-order valence-corrected chi connectivity index (χ4v) is 3.18. The molecule has 3 rings (SSSR count). The maximum Gasteiger partial charge on any atom is 0.222 e. The summed E-state index contributed by atoms with van der Waals surface area (Å²) in [6.45, 7) is 2.04. The number of nitrogens with zero attached hydrogens (tertiary/aromatic N) is 7. The minimum atomic E-state index is -0.124. The fraction of sp³-hybridized carbons (Fsp3) is 0.667. The monoisotopic (exact) mass is 333 g/mol. The third-order valence-corrected chi connectivity index (χ3v) is 4.52. The van der Waals surface area contributed by atoms with Crippen LogP contribution in [-0.2, 0) is 25.0 Å². The number of rotatable bonds is 6. The molecular formula is C15H23N7O2. The van der Waals surface area contributed by atoms with Gasteiger partial charge in [-0.3, -0.25) is 9.48 Å². The molecule has 0 saturated carbocycles. The van der Waals surface area contributed by atoms with E-state index in [1.807, 2.05) is 16.5 Å². The smallest absolute Gasteiger partial charge is 0.222 e. The SMILES string of the molecule is Cn1c(CO)nnc1C1CCCN(C(=O)CCCn2cncn2)C1. The van der Waals surface area contributed by atoms with Crippen LogP contribution in [0.2, 0.25) is 0 Å². The zero-order chi connectivity index (χ0) is 16.9. The highest BCUT2D eigenvalue weighted by molar-refractivity contribution is 5.76. The van der Waals surface area contributed by atoms with Gasteiger partial charge in [0.2, 0.25) is 5.91 Å². The molecule has 1 atom stereocenters. The number of piperidine rings is 1. The highest BCUT2D eigenvalue weighted by Crippen LogP contribution is 2.26. The van der Waals surface area contributed by atoms with E-state index in [4.69, 9.17) is 0 Å². The number of hydrogen-bond acceptors (Lipinski definition) is 6. The predicted octanol–water partition coefficient (Wildman–Crippen LogP) is 0.0853. The third-order valence-electron chi connectivity index (χ3n) is 4.52. The molecule has 0 bridgehead atoms. The van der Waals surface area contributed by atoms with Crippen LogP contribution in [0.25, 0.3) is 0 Å². The molecular weight excluding hydrogens is 310 g/mol. The van der Waals surface area contributed by atoms with Crippen LogP contribution in [0.5, 0.6) is 0 Å². The van der Waals surface area contributed by atoms with Gasteiger partial charge in [0.25, 0.3) is 0 Å². The molecule has 24 heavy (non-hydrogen) atoms. The average molecular weight is 333 g/mol. The molecule has 1 unspecified atom stereocenters. The summed E-state index contributed by atoms with van der Waals surface area (Å²) in [5.74, 6) is 1.75. The van der Waals surface area contributed by atoms with Gasteiger partial charge in [-0.1, -0.05) is 0 Å². The van der Waals surface area contributed by atoms with Crippen LogP contribution in [-0.4, -0.2) is 58.5 Å². The lowest BCUT2D eigenvalue weighted by Gasteiger charge is -2.32. The van der Waals surface area contributed by atoms with Crippen molar-refractivity contribution in [1.82, 2.24) is 34.4 Å². The van der Waals surface area contributed by atoms with Gasteiger partial charge in [-0.2, -0.15) is 5.10 Å². The molecule has 0 radical (unpaired) electrons. The average Bonchev–Trinajstić information content (AvgIpc) is 3.24. The summed E-state index contributed by atoms with van der Waals surface area (Å²) >= 11 is 0. The zero-order valence-corrected chi connectivity index (χ0v) is 13.9.